The summed E-state index contributed by atoms with van der Waals surface area (Å²) in [6.07, 6.45) is -0.876. The number of hydrogen-bond donors (Lipinski definition) is 2. The molecule has 0 fully saturated rings. The van der Waals surface area contributed by atoms with E-state index in [1.807, 2.05) is 55.5 Å². The first kappa shape index (κ1) is 16.7. The Morgan fingerprint density at radius 3 is 2.57 bits per heavy atom. The normalized spacial score (nSPS) is 14.2. The zero-order chi connectivity index (χ0) is 23.6. The van der Waals surface area contributed by atoms with Gasteiger partial charge in [0.1, 0.15) is 5.82 Å². The van der Waals surface area contributed by atoms with Gasteiger partial charge in [0.2, 0.25) is 5.82 Å². The predicted molar refractivity (Wildman–Crippen MR) is 116 cm³/mol. The number of aromatic nitrogens is 6. The number of aliphatic hydroxyl groups excluding tert-OH is 1. The topological polar surface area (TPSA) is 92.5 Å². The van der Waals surface area contributed by atoms with Crippen molar-refractivity contribution in [3.63, 3.8) is 0 Å². The second kappa shape index (κ2) is 9.19. The number of hydrogen-bond acceptors (Lipinski definition) is 5. The molecule has 0 aliphatic carbocycles. The maximum atomic E-state index is 9.97. The molecule has 0 spiro atoms. The molecule has 1 atom stereocenters. The molecule has 0 aliphatic rings. The summed E-state index contributed by atoms with van der Waals surface area (Å²) in [5.74, 6) is 0.613. The van der Waals surface area contributed by atoms with Gasteiger partial charge in [-0.3, -0.25) is 0 Å². The van der Waals surface area contributed by atoms with Gasteiger partial charge in [0.25, 0.3) is 0 Å². The van der Waals surface area contributed by atoms with E-state index in [0.29, 0.717) is 12.2 Å². The Hall–Kier alpha value is -3.03. The van der Waals surface area contributed by atoms with Crippen LogP contribution in [0.5, 0.6) is 0 Å². The highest BCUT2D eigenvalue weighted by molar-refractivity contribution is 6.30. The monoisotopic (exact) mass is 425 g/mol. The molecule has 0 bridgehead atoms. The van der Waals surface area contributed by atoms with Gasteiger partial charge in [0, 0.05) is 21.2 Å². The molecule has 154 valence electrons. The van der Waals surface area contributed by atoms with Gasteiger partial charge < -0.3 is 9.67 Å². The maximum absolute atomic E-state index is 9.97. The highest BCUT2D eigenvalue weighted by atomic mass is 35.5. The van der Waals surface area contributed by atoms with Crippen LogP contribution in [0.15, 0.2) is 48.5 Å². The number of halogens is 1. The number of aryl methyl sites for hydroxylation is 1. The Morgan fingerprint density at radius 1 is 1.13 bits per heavy atom. The van der Waals surface area contributed by atoms with Crippen LogP contribution in [-0.2, 0) is 19.5 Å². The van der Waals surface area contributed by atoms with Crippen LogP contribution in [0.1, 0.15) is 41.0 Å². The van der Waals surface area contributed by atoms with Crippen LogP contribution >= 0.6 is 11.6 Å². The van der Waals surface area contributed by atoms with Gasteiger partial charge in [0.15, 0.2) is 5.15 Å². The smallest absolute Gasteiger partial charge is 0.205 e. The van der Waals surface area contributed by atoms with Crippen LogP contribution in [0.4, 0.5) is 0 Å². The average molecular weight is 426 g/mol. The average Bonchev–Trinajstić information content (AvgIpc) is 3.43. The molecule has 8 heteroatoms. The Labute approximate surface area is 184 Å². The minimum Gasteiger partial charge on any atom is -0.390 e. The molecule has 0 radical (unpaired) electrons. The number of nitrogens with zero attached hydrogens (tertiary/aromatic N) is 5. The SMILES string of the molecule is [2H]C(O)c1c(Cl)nc(C([2H])([2H])CCC)n1Cc1ccc(-c2ccccc2-c2nn[nH]n2)cc1. The lowest BCUT2D eigenvalue weighted by molar-refractivity contribution is 0.271. The van der Waals surface area contributed by atoms with Crippen molar-refractivity contribution in [1.82, 2.24) is 30.2 Å². The fraction of sp³-hybridized carbons (Fsp3) is 0.273. The van der Waals surface area contributed by atoms with Crippen molar-refractivity contribution < 1.29 is 9.22 Å². The summed E-state index contributed by atoms with van der Waals surface area (Å²) in [6.45, 7) is 0.478. The number of aliphatic hydroxyl groups is 1. The van der Waals surface area contributed by atoms with Crippen LogP contribution in [0.3, 0.4) is 0 Å². The van der Waals surface area contributed by atoms with Crippen molar-refractivity contribution in [3.05, 3.63) is 70.8 Å². The summed E-state index contributed by atoms with van der Waals surface area (Å²) in [5, 5.41) is 24.2. The number of H-pyrrole nitrogens is 1. The highest BCUT2D eigenvalue weighted by Gasteiger charge is 2.16. The summed E-state index contributed by atoms with van der Waals surface area (Å²) in [6, 6.07) is 15.5. The molecule has 1 unspecified atom stereocenters. The third kappa shape index (κ3) is 4.13. The van der Waals surface area contributed by atoms with Gasteiger partial charge >= 0.3 is 0 Å². The largest absolute Gasteiger partial charge is 0.390 e. The molecule has 30 heavy (non-hydrogen) atoms. The number of benzene rings is 2. The highest BCUT2D eigenvalue weighted by Crippen LogP contribution is 2.30. The molecule has 2 heterocycles. The summed E-state index contributed by atoms with van der Waals surface area (Å²) >= 11 is 6.19. The minimum atomic E-state index is -1.74. The second-order valence-corrected chi connectivity index (χ2v) is 7.09. The van der Waals surface area contributed by atoms with Crippen molar-refractivity contribution in [1.29, 1.82) is 0 Å². The van der Waals surface area contributed by atoms with E-state index in [1.54, 1.807) is 0 Å². The standard InChI is InChI=1S/C22H23ClN6O/c1-2-3-8-20-24-21(23)19(14-30)29(20)13-15-9-11-16(12-10-15)17-6-4-5-7-18(17)22-25-27-28-26-22/h4-7,9-12,30H,2-3,8,13-14H2,1H3,(H,25,26,27,28)/i8D2,14D. The van der Waals surface area contributed by atoms with Crippen LogP contribution in [0.2, 0.25) is 5.15 Å². The fourth-order valence-corrected chi connectivity index (χ4v) is 3.50. The Morgan fingerprint density at radius 2 is 1.90 bits per heavy atom. The third-order valence-corrected chi connectivity index (χ3v) is 5.01. The summed E-state index contributed by atoms with van der Waals surface area (Å²) < 4.78 is 26.2. The molecule has 2 N–H and O–H groups in total. The molecule has 0 amide bonds. The number of rotatable bonds is 8. The Balaban J connectivity index is 1.69. The van der Waals surface area contributed by atoms with Gasteiger partial charge in [-0.15, -0.1) is 10.2 Å². The maximum Gasteiger partial charge on any atom is 0.205 e. The molecule has 4 aromatic rings. The lowest BCUT2D eigenvalue weighted by atomic mass is 9.98. The second-order valence-electron chi connectivity index (χ2n) is 6.73. The third-order valence-electron chi connectivity index (χ3n) is 4.74. The summed E-state index contributed by atoms with van der Waals surface area (Å²) in [5.41, 5.74) is 3.66. The molecule has 0 saturated carbocycles. The first-order valence-electron chi connectivity index (χ1n) is 11.2. The Kier molecular flexibility index (Phi) is 5.13. The van der Waals surface area contributed by atoms with Crippen LogP contribution in [0, 0.1) is 0 Å². The molecule has 2 aromatic carbocycles. The van der Waals surface area contributed by atoms with Gasteiger partial charge in [-0.2, -0.15) is 5.21 Å². The molecule has 7 nitrogen and oxygen atoms in total. The molecule has 2 aromatic heterocycles. The van der Waals surface area contributed by atoms with Gasteiger partial charge in [-0.1, -0.05) is 73.5 Å². The van der Waals surface area contributed by atoms with Crippen molar-refractivity contribution in [2.45, 2.75) is 39.3 Å². The molecule has 4 rings (SSSR count). The quantitative estimate of drug-likeness (QED) is 0.439. The van der Waals surface area contributed by atoms with E-state index in [4.69, 9.17) is 15.7 Å². The number of imidazole rings is 1. The zero-order valence-corrected chi connectivity index (χ0v) is 17.1. The van der Waals surface area contributed by atoms with Gasteiger partial charge in [-0.25, -0.2) is 4.98 Å². The minimum absolute atomic E-state index is 0.0573. The van der Waals surface area contributed by atoms with Crippen molar-refractivity contribution in [2.75, 3.05) is 0 Å². The predicted octanol–water partition coefficient (Wildman–Crippen LogP) is 4.27. The summed E-state index contributed by atoms with van der Waals surface area (Å²) in [4.78, 5) is 4.17. The van der Waals surface area contributed by atoms with E-state index >= 15 is 0 Å². The van der Waals surface area contributed by atoms with E-state index in [0.717, 1.165) is 22.3 Å². The Bertz CT molecular complexity index is 1230. The molecular weight excluding hydrogens is 400 g/mol. The van der Waals surface area contributed by atoms with Crippen LogP contribution in [0.25, 0.3) is 22.5 Å². The van der Waals surface area contributed by atoms with E-state index in [2.05, 4.69) is 25.6 Å². The lowest BCUT2D eigenvalue weighted by Crippen LogP contribution is -2.09. The summed E-state index contributed by atoms with van der Waals surface area (Å²) in [7, 11) is 0. The first-order chi connectivity index (χ1) is 15.8. The van der Waals surface area contributed by atoms with Gasteiger partial charge in [0.05, 0.1) is 13.6 Å². The van der Waals surface area contributed by atoms with Crippen molar-refractivity contribution in [3.8, 4) is 22.5 Å². The zero-order valence-electron chi connectivity index (χ0n) is 19.4. The molecular formula is C22H23ClN6O. The van der Waals surface area contributed by atoms with Crippen molar-refractivity contribution >= 4 is 11.6 Å². The number of aromatic amines is 1. The number of nitrogens with one attached hydrogen (secondary N) is 1. The van der Waals surface area contributed by atoms with E-state index in [9.17, 15) is 5.11 Å². The van der Waals surface area contributed by atoms with Crippen LogP contribution < -0.4 is 0 Å². The fourth-order valence-electron chi connectivity index (χ4n) is 3.27. The molecule has 0 saturated heterocycles. The van der Waals surface area contributed by atoms with E-state index < -0.39 is 13.0 Å². The lowest BCUT2D eigenvalue weighted by Gasteiger charge is -2.12. The first-order valence-corrected chi connectivity index (χ1v) is 9.98. The van der Waals surface area contributed by atoms with Gasteiger partial charge in [-0.05, 0) is 28.3 Å². The van der Waals surface area contributed by atoms with E-state index in [-0.39, 0.29) is 29.6 Å². The van der Waals surface area contributed by atoms with Crippen LogP contribution in [-0.4, -0.2) is 35.3 Å². The number of tetrazole rings is 1. The van der Waals surface area contributed by atoms with E-state index in [1.165, 1.54) is 4.57 Å². The van der Waals surface area contributed by atoms with Crippen molar-refractivity contribution in [2.24, 2.45) is 0 Å². The molecule has 0 aliphatic heterocycles.